The number of primary amides is 1. The van der Waals surface area contributed by atoms with Crippen LogP contribution in [-0.4, -0.2) is 22.7 Å². The van der Waals surface area contributed by atoms with Gasteiger partial charge in [-0.3, -0.25) is 14.4 Å². The van der Waals surface area contributed by atoms with Gasteiger partial charge in [0.1, 0.15) is 5.82 Å². The summed E-state index contributed by atoms with van der Waals surface area (Å²) in [6.45, 7) is 0. The van der Waals surface area contributed by atoms with Crippen molar-refractivity contribution in [2.45, 2.75) is 0 Å². The molecule has 0 aliphatic carbocycles. The highest BCUT2D eigenvalue weighted by Crippen LogP contribution is 2.26. The van der Waals surface area contributed by atoms with Crippen LogP contribution in [0.3, 0.4) is 0 Å². The summed E-state index contributed by atoms with van der Waals surface area (Å²) < 4.78 is 0. The lowest BCUT2D eigenvalue weighted by molar-refractivity contribution is 0.0924. The molecule has 98 valence electrons. The van der Waals surface area contributed by atoms with Crippen LogP contribution >= 0.6 is 0 Å². The van der Waals surface area contributed by atoms with Crippen molar-refractivity contribution in [3.63, 3.8) is 0 Å². The average molecular weight is 267 g/mol. The molecule has 2 aromatic rings. The highest BCUT2D eigenvalue weighted by Gasteiger charge is 2.36. The SMILES string of the molecule is NC(=O)c1ccc(N2C(=O)c3ccccc3C2=O)nc1. The van der Waals surface area contributed by atoms with E-state index in [0.717, 1.165) is 4.90 Å². The van der Waals surface area contributed by atoms with Crippen LogP contribution in [-0.2, 0) is 0 Å². The lowest BCUT2D eigenvalue weighted by Crippen LogP contribution is -2.30. The number of hydrogen-bond acceptors (Lipinski definition) is 4. The van der Waals surface area contributed by atoms with Gasteiger partial charge in [0.05, 0.1) is 16.7 Å². The van der Waals surface area contributed by atoms with E-state index in [0.29, 0.717) is 11.1 Å². The Morgan fingerprint density at radius 3 is 2.05 bits per heavy atom. The second-order valence-electron chi connectivity index (χ2n) is 4.26. The van der Waals surface area contributed by atoms with Crippen molar-refractivity contribution in [1.29, 1.82) is 0 Å². The van der Waals surface area contributed by atoms with E-state index in [1.54, 1.807) is 24.3 Å². The van der Waals surface area contributed by atoms with E-state index in [1.165, 1.54) is 18.3 Å². The number of nitrogens with zero attached hydrogens (tertiary/aromatic N) is 2. The van der Waals surface area contributed by atoms with Gasteiger partial charge in [-0.1, -0.05) is 12.1 Å². The summed E-state index contributed by atoms with van der Waals surface area (Å²) in [6, 6.07) is 9.41. The molecule has 0 atom stereocenters. The number of carbonyl (C=O) groups excluding carboxylic acids is 3. The average Bonchev–Trinajstić information content (AvgIpc) is 2.72. The number of rotatable bonds is 2. The molecule has 20 heavy (non-hydrogen) atoms. The van der Waals surface area contributed by atoms with Gasteiger partial charge in [0.15, 0.2) is 0 Å². The van der Waals surface area contributed by atoms with E-state index in [4.69, 9.17) is 5.73 Å². The lowest BCUT2D eigenvalue weighted by Gasteiger charge is -2.12. The van der Waals surface area contributed by atoms with Gasteiger partial charge in [-0.05, 0) is 24.3 Å². The molecule has 3 rings (SSSR count). The van der Waals surface area contributed by atoms with Gasteiger partial charge < -0.3 is 5.73 Å². The largest absolute Gasteiger partial charge is 0.366 e. The van der Waals surface area contributed by atoms with Gasteiger partial charge in [-0.15, -0.1) is 0 Å². The molecule has 1 aliphatic rings. The van der Waals surface area contributed by atoms with Gasteiger partial charge in [-0.25, -0.2) is 9.88 Å². The number of fused-ring (bicyclic) bond motifs is 1. The number of carbonyl (C=O) groups is 3. The van der Waals surface area contributed by atoms with E-state index in [9.17, 15) is 14.4 Å². The minimum atomic E-state index is -0.619. The molecule has 0 fully saturated rings. The maximum atomic E-state index is 12.2. The molecule has 2 heterocycles. The van der Waals surface area contributed by atoms with Crippen LogP contribution in [0, 0.1) is 0 Å². The van der Waals surface area contributed by atoms with E-state index in [-0.39, 0.29) is 11.4 Å². The summed E-state index contributed by atoms with van der Waals surface area (Å²) in [7, 11) is 0. The maximum Gasteiger partial charge on any atom is 0.267 e. The molecule has 0 radical (unpaired) electrons. The fourth-order valence-electron chi connectivity index (χ4n) is 2.06. The van der Waals surface area contributed by atoms with Crippen LogP contribution in [0.5, 0.6) is 0 Å². The molecule has 1 aromatic heterocycles. The molecule has 3 amide bonds. The van der Waals surface area contributed by atoms with Gasteiger partial charge in [0.25, 0.3) is 11.8 Å². The molecular formula is C14H9N3O3. The van der Waals surface area contributed by atoms with Crippen LogP contribution in [0.1, 0.15) is 31.1 Å². The second-order valence-corrected chi connectivity index (χ2v) is 4.26. The lowest BCUT2D eigenvalue weighted by atomic mass is 10.1. The zero-order valence-corrected chi connectivity index (χ0v) is 10.2. The molecule has 2 N–H and O–H groups in total. The summed E-state index contributed by atoms with van der Waals surface area (Å²) in [4.78, 5) is 40.3. The first kappa shape index (κ1) is 12.0. The van der Waals surface area contributed by atoms with Gasteiger partial charge in [-0.2, -0.15) is 0 Å². The van der Waals surface area contributed by atoms with Crippen LogP contribution in [0.25, 0.3) is 0 Å². The Labute approximate surface area is 113 Å². The number of benzene rings is 1. The fraction of sp³-hybridized carbons (Fsp3) is 0. The van der Waals surface area contributed by atoms with Crippen LogP contribution in [0.4, 0.5) is 5.82 Å². The van der Waals surface area contributed by atoms with E-state index < -0.39 is 17.7 Å². The molecular weight excluding hydrogens is 258 g/mol. The van der Waals surface area contributed by atoms with Crippen molar-refractivity contribution in [3.8, 4) is 0 Å². The highest BCUT2D eigenvalue weighted by atomic mass is 16.2. The predicted octanol–water partition coefficient (Wildman–Crippen LogP) is 0.981. The third-order valence-corrected chi connectivity index (χ3v) is 3.06. The summed E-state index contributed by atoms with van der Waals surface area (Å²) >= 11 is 0. The Kier molecular flexibility index (Phi) is 2.57. The van der Waals surface area contributed by atoms with Crippen molar-refractivity contribution in [3.05, 3.63) is 59.3 Å². The topological polar surface area (TPSA) is 93.4 Å². The molecule has 0 saturated carbocycles. The van der Waals surface area contributed by atoms with Crippen molar-refractivity contribution in [2.24, 2.45) is 5.73 Å². The smallest absolute Gasteiger partial charge is 0.267 e. The number of amides is 3. The Balaban J connectivity index is 2.02. The summed E-state index contributed by atoms with van der Waals surface area (Å²) in [5.41, 5.74) is 6.02. The van der Waals surface area contributed by atoms with E-state index in [2.05, 4.69) is 4.98 Å². The van der Waals surface area contributed by atoms with Crippen LogP contribution in [0.2, 0.25) is 0 Å². The fourth-order valence-corrected chi connectivity index (χ4v) is 2.06. The Hall–Kier alpha value is -3.02. The molecule has 6 heteroatoms. The number of nitrogens with two attached hydrogens (primary N) is 1. The highest BCUT2D eigenvalue weighted by molar-refractivity contribution is 6.34. The number of aromatic nitrogens is 1. The zero-order valence-electron chi connectivity index (χ0n) is 10.2. The molecule has 0 unspecified atom stereocenters. The molecule has 0 saturated heterocycles. The first-order chi connectivity index (χ1) is 9.59. The zero-order chi connectivity index (χ0) is 14.3. The third kappa shape index (κ3) is 1.66. The third-order valence-electron chi connectivity index (χ3n) is 3.06. The number of hydrogen-bond donors (Lipinski definition) is 1. The Morgan fingerprint density at radius 2 is 1.60 bits per heavy atom. The summed E-state index contributed by atoms with van der Waals surface area (Å²) in [5.74, 6) is -1.30. The second kappa shape index (κ2) is 4.27. The normalized spacial score (nSPS) is 13.5. The Bertz CT molecular complexity index is 703. The first-order valence-electron chi connectivity index (χ1n) is 5.83. The Morgan fingerprint density at radius 1 is 1.00 bits per heavy atom. The van der Waals surface area contributed by atoms with Crippen molar-refractivity contribution >= 4 is 23.5 Å². The summed E-state index contributed by atoms with van der Waals surface area (Å²) in [5, 5.41) is 0. The van der Waals surface area contributed by atoms with Crippen LogP contribution in [0.15, 0.2) is 42.6 Å². The van der Waals surface area contributed by atoms with Gasteiger partial charge in [0, 0.05) is 6.20 Å². The minimum Gasteiger partial charge on any atom is -0.366 e. The molecule has 0 bridgehead atoms. The summed E-state index contributed by atoms with van der Waals surface area (Å²) in [6.07, 6.45) is 1.24. The van der Waals surface area contributed by atoms with Crippen molar-refractivity contribution in [1.82, 2.24) is 4.98 Å². The van der Waals surface area contributed by atoms with E-state index in [1.807, 2.05) is 0 Å². The minimum absolute atomic E-state index is 0.168. The van der Waals surface area contributed by atoms with Crippen molar-refractivity contribution in [2.75, 3.05) is 4.90 Å². The predicted molar refractivity (Wildman–Crippen MR) is 70.3 cm³/mol. The van der Waals surface area contributed by atoms with E-state index >= 15 is 0 Å². The monoisotopic (exact) mass is 267 g/mol. The quantitative estimate of drug-likeness (QED) is 0.821. The number of imide groups is 1. The number of pyridine rings is 1. The number of anilines is 1. The van der Waals surface area contributed by atoms with Crippen LogP contribution < -0.4 is 10.6 Å². The molecule has 6 nitrogen and oxygen atoms in total. The molecule has 0 spiro atoms. The van der Waals surface area contributed by atoms with Crippen molar-refractivity contribution < 1.29 is 14.4 Å². The molecule has 1 aliphatic heterocycles. The first-order valence-corrected chi connectivity index (χ1v) is 5.83. The standard InChI is InChI=1S/C14H9N3O3/c15-12(18)8-5-6-11(16-7-8)17-13(19)9-3-1-2-4-10(9)14(17)20/h1-7H,(H2,15,18). The maximum absolute atomic E-state index is 12.2. The van der Waals surface area contributed by atoms with Gasteiger partial charge >= 0.3 is 0 Å². The van der Waals surface area contributed by atoms with Gasteiger partial charge in [0.2, 0.25) is 5.91 Å². The molecule has 1 aromatic carbocycles.